The van der Waals surface area contributed by atoms with Gasteiger partial charge in [-0.3, -0.25) is 14.4 Å². The van der Waals surface area contributed by atoms with Gasteiger partial charge in [0.1, 0.15) is 16.3 Å². The molecule has 29 heavy (non-hydrogen) atoms. The molecule has 2 rings (SSSR count). The lowest BCUT2D eigenvalue weighted by atomic mass is 10.0. The van der Waals surface area contributed by atoms with Gasteiger partial charge in [-0.25, -0.2) is 8.42 Å². The van der Waals surface area contributed by atoms with Crippen molar-refractivity contribution in [1.82, 2.24) is 4.47 Å². The molecule has 0 saturated heterocycles. The number of anilines is 3. The molecule has 0 aliphatic heterocycles. The molecule has 10 nitrogen and oxygen atoms in total. The Bertz CT molecular complexity index is 1080. The number of aromatic hydroxyl groups is 1. The van der Waals surface area contributed by atoms with Crippen LogP contribution in [0.4, 0.5) is 17.1 Å². The molecule has 0 aliphatic rings. The zero-order valence-electron chi connectivity index (χ0n) is 16.2. The highest BCUT2D eigenvalue weighted by Gasteiger charge is 2.31. The van der Waals surface area contributed by atoms with E-state index in [0.717, 1.165) is 14.2 Å². The standard InChI is InChI=1S/C17H22ClN3O7S/c1-8(2)11(7-22)20-13-12(15(24)16(13)25)19-10-6-5-9(18)17(14(10)23)29(26,27)21(3)28-4/h5-6,8,11,19-20,22-23H,7H2,1-4H3/t11-/m0/s1. The number of rotatable bonds is 9. The van der Waals surface area contributed by atoms with Gasteiger partial charge in [-0.2, -0.15) is 0 Å². The number of phenolic OH excluding ortho intramolecular Hbond substituents is 1. The van der Waals surface area contributed by atoms with Crippen LogP contribution in [0.3, 0.4) is 0 Å². The van der Waals surface area contributed by atoms with Crippen molar-refractivity contribution in [3.05, 3.63) is 37.6 Å². The molecule has 4 N–H and O–H groups in total. The van der Waals surface area contributed by atoms with Gasteiger partial charge in [0.05, 0.1) is 30.5 Å². The molecule has 0 heterocycles. The third-order valence-electron chi connectivity index (χ3n) is 4.44. The number of aliphatic hydroxyl groups is 1. The fourth-order valence-electron chi connectivity index (χ4n) is 2.51. The van der Waals surface area contributed by atoms with E-state index in [1.54, 1.807) is 0 Å². The number of benzene rings is 1. The molecular formula is C17H22ClN3O7S. The zero-order valence-corrected chi connectivity index (χ0v) is 17.8. The van der Waals surface area contributed by atoms with Crippen molar-refractivity contribution in [2.45, 2.75) is 24.8 Å². The van der Waals surface area contributed by atoms with Gasteiger partial charge < -0.3 is 20.8 Å². The number of phenols is 1. The van der Waals surface area contributed by atoms with Crippen LogP contribution in [0.2, 0.25) is 5.02 Å². The third kappa shape index (κ3) is 4.23. The maximum atomic E-state index is 12.5. The summed E-state index contributed by atoms with van der Waals surface area (Å²) < 4.78 is 25.6. The number of nitrogens with zero attached hydrogens (tertiary/aromatic N) is 1. The Balaban J connectivity index is 2.48. The Morgan fingerprint density at radius 2 is 1.79 bits per heavy atom. The monoisotopic (exact) mass is 447 g/mol. The molecule has 2 aromatic carbocycles. The molecule has 0 saturated carbocycles. The largest absolute Gasteiger partial charge is 0.504 e. The quantitative estimate of drug-likeness (QED) is 0.251. The Morgan fingerprint density at radius 1 is 1.21 bits per heavy atom. The fourth-order valence-corrected chi connectivity index (χ4v) is 4.08. The van der Waals surface area contributed by atoms with Gasteiger partial charge in [0.2, 0.25) is 0 Å². The molecule has 160 valence electrons. The molecule has 2 aromatic rings. The lowest BCUT2D eigenvalue weighted by Crippen LogP contribution is -2.41. The minimum atomic E-state index is -4.30. The number of aliphatic hydroxyl groups excluding tert-OH is 1. The van der Waals surface area contributed by atoms with Crippen LogP contribution in [0.5, 0.6) is 5.75 Å². The van der Waals surface area contributed by atoms with Crippen molar-refractivity contribution in [1.29, 1.82) is 0 Å². The van der Waals surface area contributed by atoms with E-state index in [1.165, 1.54) is 12.1 Å². The van der Waals surface area contributed by atoms with Crippen LogP contribution in [-0.4, -0.2) is 49.9 Å². The highest BCUT2D eigenvalue weighted by atomic mass is 35.5. The number of sulfonamides is 1. The van der Waals surface area contributed by atoms with Crippen LogP contribution in [0.25, 0.3) is 0 Å². The van der Waals surface area contributed by atoms with E-state index in [1.807, 2.05) is 13.8 Å². The van der Waals surface area contributed by atoms with Crippen molar-refractivity contribution < 1.29 is 23.5 Å². The van der Waals surface area contributed by atoms with E-state index in [4.69, 9.17) is 11.6 Å². The topological polar surface area (TPSA) is 145 Å². The van der Waals surface area contributed by atoms with Crippen LogP contribution >= 0.6 is 11.6 Å². The Morgan fingerprint density at radius 3 is 2.31 bits per heavy atom. The first kappa shape index (κ1) is 23.1. The zero-order chi connectivity index (χ0) is 22.1. The van der Waals surface area contributed by atoms with Gasteiger partial charge in [-0.1, -0.05) is 29.9 Å². The first-order valence-electron chi connectivity index (χ1n) is 8.49. The fraction of sp³-hybridized carbons (Fsp3) is 0.412. The first-order valence-corrected chi connectivity index (χ1v) is 10.3. The molecule has 0 unspecified atom stereocenters. The van der Waals surface area contributed by atoms with Gasteiger partial charge >= 0.3 is 0 Å². The van der Waals surface area contributed by atoms with E-state index >= 15 is 0 Å². The molecule has 0 aromatic heterocycles. The van der Waals surface area contributed by atoms with Crippen LogP contribution < -0.4 is 21.5 Å². The molecule has 0 radical (unpaired) electrons. The second kappa shape index (κ2) is 8.67. The minimum Gasteiger partial charge on any atom is -0.504 e. The summed E-state index contributed by atoms with van der Waals surface area (Å²) in [5.41, 5.74) is -2.00. The summed E-state index contributed by atoms with van der Waals surface area (Å²) in [6.07, 6.45) is 0. The minimum absolute atomic E-state index is 0.0393. The summed E-state index contributed by atoms with van der Waals surface area (Å²) in [7, 11) is -2.06. The number of halogens is 1. The van der Waals surface area contributed by atoms with Crippen molar-refractivity contribution in [3.8, 4) is 5.75 Å². The lowest BCUT2D eigenvalue weighted by Gasteiger charge is -2.24. The summed E-state index contributed by atoms with van der Waals surface area (Å²) in [6.45, 7) is 3.37. The molecule has 0 amide bonds. The maximum absolute atomic E-state index is 12.5. The summed E-state index contributed by atoms with van der Waals surface area (Å²) in [5, 5.41) is 25.0. The average molecular weight is 448 g/mol. The Kier molecular flexibility index (Phi) is 6.91. The summed E-state index contributed by atoms with van der Waals surface area (Å²) in [6, 6.07) is 1.99. The van der Waals surface area contributed by atoms with Gasteiger partial charge in [-0.05, 0) is 18.1 Å². The van der Waals surface area contributed by atoms with Crippen molar-refractivity contribution in [2.75, 3.05) is 31.4 Å². The summed E-state index contributed by atoms with van der Waals surface area (Å²) >= 11 is 5.95. The molecular weight excluding hydrogens is 426 g/mol. The van der Waals surface area contributed by atoms with E-state index in [2.05, 4.69) is 15.5 Å². The second-order valence-electron chi connectivity index (χ2n) is 6.58. The lowest BCUT2D eigenvalue weighted by molar-refractivity contribution is -0.0259. The molecule has 0 aliphatic carbocycles. The third-order valence-corrected chi connectivity index (χ3v) is 6.62. The second-order valence-corrected chi connectivity index (χ2v) is 8.86. The van der Waals surface area contributed by atoms with Crippen LogP contribution in [0.1, 0.15) is 13.8 Å². The summed E-state index contributed by atoms with van der Waals surface area (Å²) in [5.74, 6) is -0.787. The van der Waals surface area contributed by atoms with Crippen molar-refractivity contribution in [2.24, 2.45) is 5.92 Å². The summed E-state index contributed by atoms with van der Waals surface area (Å²) in [4.78, 5) is 28.0. The first-order chi connectivity index (χ1) is 13.5. The Hall–Kier alpha value is -2.18. The molecule has 1 atom stereocenters. The SMILES string of the molecule is CON(C)S(=O)(=O)c1c(Cl)ccc(Nc2c(N[C@@H](CO)C(C)C)c(=O)c2=O)c1O. The average Bonchev–Trinajstić information content (AvgIpc) is 2.67. The van der Waals surface area contributed by atoms with E-state index in [-0.39, 0.29) is 34.6 Å². The normalized spacial score (nSPS) is 13.2. The molecule has 0 fully saturated rings. The predicted octanol–water partition coefficient (Wildman–Crippen LogP) is 0.996. The highest BCUT2D eigenvalue weighted by Crippen LogP contribution is 2.39. The van der Waals surface area contributed by atoms with Crippen LogP contribution in [-0.2, 0) is 14.9 Å². The van der Waals surface area contributed by atoms with E-state index in [0.29, 0.717) is 4.47 Å². The molecule has 0 spiro atoms. The van der Waals surface area contributed by atoms with E-state index < -0.39 is 37.6 Å². The molecule has 12 heteroatoms. The number of hydrogen-bond acceptors (Lipinski definition) is 9. The van der Waals surface area contributed by atoms with Crippen molar-refractivity contribution >= 4 is 38.7 Å². The van der Waals surface area contributed by atoms with Crippen LogP contribution in [0.15, 0.2) is 26.6 Å². The maximum Gasteiger partial charge on any atom is 0.269 e. The smallest absolute Gasteiger partial charge is 0.269 e. The van der Waals surface area contributed by atoms with Gasteiger partial charge in [0, 0.05) is 7.05 Å². The van der Waals surface area contributed by atoms with E-state index in [9.17, 15) is 28.2 Å². The predicted molar refractivity (Wildman–Crippen MR) is 109 cm³/mol. The number of hydrogen-bond donors (Lipinski definition) is 4. The van der Waals surface area contributed by atoms with Crippen LogP contribution in [0, 0.1) is 5.92 Å². The van der Waals surface area contributed by atoms with Crippen molar-refractivity contribution in [3.63, 3.8) is 0 Å². The van der Waals surface area contributed by atoms with Gasteiger partial charge in [0.15, 0.2) is 5.75 Å². The molecule has 0 bridgehead atoms. The van der Waals surface area contributed by atoms with Gasteiger partial charge in [-0.15, -0.1) is 0 Å². The highest BCUT2D eigenvalue weighted by molar-refractivity contribution is 7.89. The number of hydroxylamine groups is 1. The Labute approximate surface area is 172 Å². The van der Waals surface area contributed by atoms with Gasteiger partial charge in [0.25, 0.3) is 20.9 Å². The number of nitrogens with one attached hydrogen (secondary N) is 2.